The Labute approximate surface area is 235 Å². The Kier molecular flexibility index (Phi) is 6.81. The van der Waals surface area contributed by atoms with Crippen molar-refractivity contribution in [3.63, 3.8) is 0 Å². The quantitative estimate of drug-likeness (QED) is 0.202. The van der Waals surface area contributed by atoms with E-state index < -0.39 is 40.4 Å². The molecular weight excluding hydrogens is 532 g/mol. The van der Waals surface area contributed by atoms with Gasteiger partial charge in [0.25, 0.3) is 11.7 Å². The topological polar surface area (TPSA) is 104 Å². The third-order valence-corrected chi connectivity index (χ3v) is 7.29. The molecule has 9 heteroatoms. The number of hydrogen-bond acceptors (Lipinski definition) is 6. The lowest BCUT2D eigenvalue weighted by Gasteiger charge is -2.35. The van der Waals surface area contributed by atoms with Crippen LogP contribution < -0.4 is 9.80 Å². The Hall–Kier alpha value is -4.69. The number of allylic oxidation sites excluding steroid dienone is 1. The number of halogens is 1. The number of aliphatic hydroxyl groups is 1. The molecule has 2 heterocycles. The molecule has 2 aliphatic rings. The summed E-state index contributed by atoms with van der Waals surface area (Å²) in [6, 6.07) is 21.0. The molecule has 202 valence electrons. The molecule has 3 aromatic rings. The molecule has 2 amide bonds. The maximum Gasteiger partial charge on any atom is 0.339 e. The van der Waals surface area contributed by atoms with E-state index in [1.807, 2.05) is 6.92 Å². The minimum atomic E-state index is -2.36. The highest BCUT2D eigenvalue weighted by molar-refractivity contribution is 6.56. The Bertz CT molecular complexity index is 1610. The Morgan fingerprint density at radius 1 is 0.900 bits per heavy atom. The number of Topliss-reactive ketones (excluding diaryl/α,β-unsaturated/α-hetero) is 1. The molecule has 0 aliphatic carbocycles. The number of nitrogens with zero attached hydrogens (tertiary/aromatic N) is 2. The first-order valence-corrected chi connectivity index (χ1v) is 13.0. The molecule has 1 N–H and O–H groups in total. The summed E-state index contributed by atoms with van der Waals surface area (Å²) in [6.45, 7) is 5.01. The van der Waals surface area contributed by atoms with Crippen LogP contribution in [0.2, 0.25) is 5.02 Å². The molecule has 0 saturated carbocycles. The minimum absolute atomic E-state index is 0.0308. The fourth-order valence-corrected chi connectivity index (χ4v) is 5.42. The standard InChI is InChI=1S/C31H25ClN2O6/c1-4-40-29(38)24-19(3)33(22-14-10-18(2)11-15-22)30(39)31(24)25(26(35)20-8-6-5-7-9-20)27(36)28(37)34(31)23-16-12-21(32)13-17-23/h5-17,35H,4H2,1-3H3/b26-25-. The van der Waals surface area contributed by atoms with Gasteiger partial charge in [-0.1, -0.05) is 59.6 Å². The van der Waals surface area contributed by atoms with E-state index in [1.54, 1.807) is 56.3 Å². The number of ketones is 1. The average Bonchev–Trinajstić information content (AvgIpc) is 3.31. The van der Waals surface area contributed by atoms with Crippen LogP contribution in [0, 0.1) is 6.92 Å². The van der Waals surface area contributed by atoms with E-state index in [0.29, 0.717) is 10.7 Å². The monoisotopic (exact) mass is 556 g/mol. The smallest absolute Gasteiger partial charge is 0.339 e. The largest absolute Gasteiger partial charge is 0.507 e. The second-order valence-corrected chi connectivity index (χ2v) is 9.84. The maximum absolute atomic E-state index is 14.8. The fraction of sp³-hybridized carbons (Fsp3) is 0.161. The van der Waals surface area contributed by atoms with Gasteiger partial charge in [-0.3, -0.25) is 24.2 Å². The fourth-order valence-electron chi connectivity index (χ4n) is 5.29. The van der Waals surface area contributed by atoms with Crippen LogP contribution in [-0.2, 0) is 23.9 Å². The predicted octanol–water partition coefficient (Wildman–Crippen LogP) is 5.16. The first kappa shape index (κ1) is 26.9. The lowest BCUT2D eigenvalue weighted by Crippen LogP contribution is -2.57. The number of rotatable bonds is 5. The van der Waals surface area contributed by atoms with Crippen LogP contribution in [-0.4, -0.2) is 40.8 Å². The van der Waals surface area contributed by atoms with Crippen LogP contribution in [0.15, 0.2) is 95.7 Å². The third-order valence-electron chi connectivity index (χ3n) is 7.03. The normalized spacial score (nSPS) is 20.1. The number of hydrogen-bond donors (Lipinski definition) is 1. The van der Waals surface area contributed by atoms with Crippen molar-refractivity contribution in [2.45, 2.75) is 26.3 Å². The molecule has 0 radical (unpaired) electrons. The Morgan fingerprint density at radius 3 is 2.10 bits per heavy atom. The molecule has 3 aromatic carbocycles. The minimum Gasteiger partial charge on any atom is -0.507 e. The third kappa shape index (κ3) is 3.91. The number of carbonyl (C=O) groups is 4. The zero-order chi connectivity index (χ0) is 28.8. The van der Waals surface area contributed by atoms with Gasteiger partial charge in [0.15, 0.2) is 5.54 Å². The number of aliphatic hydroxyl groups excluding tert-OH is 1. The van der Waals surface area contributed by atoms with Gasteiger partial charge in [0.1, 0.15) is 5.76 Å². The number of aryl methyl sites for hydroxylation is 1. The molecule has 8 nitrogen and oxygen atoms in total. The Morgan fingerprint density at radius 2 is 1.50 bits per heavy atom. The first-order chi connectivity index (χ1) is 19.1. The molecule has 40 heavy (non-hydrogen) atoms. The number of anilines is 2. The molecule has 5 rings (SSSR count). The molecule has 1 fully saturated rings. The van der Waals surface area contributed by atoms with E-state index in [4.69, 9.17) is 16.3 Å². The molecule has 0 aromatic heterocycles. The van der Waals surface area contributed by atoms with Gasteiger partial charge in [-0.25, -0.2) is 4.79 Å². The van der Waals surface area contributed by atoms with Gasteiger partial charge < -0.3 is 9.84 Å². The molecule has 1 spiro atoms. The van der Waals surface area contributed by atoms with Crippen molar-refractivity contribution in [2.24, 2.45) is 0 Å². The highest BCUT2D eigenvalue weighted by Gasteiger charge is 2.70. The van der Waals surface area contributed by atoms with Crippen molar-refractivity contribution in [3.8, 4) is 0 Å². The number of benzene rings is 3. The van der Waals surface area contributed by atoms with E-state index >= 15 is 0 Å². The summed E-state index contributed by atoms with van der Waals surface area (Å²) in [6.07, 6.45) is 0. The van der Waals surface area contributed by atoms with Crippen LogP contribution in [0.25, 0.3) is 5.76 Å². The highest BCUT2D eigenvalue weighted by atomic mass is 35.5. The second-order valence-electron chi connectivity index (χ2n) is 9.40. The Balaban J connectivity index is 1.91. The first-order valence-electron chi connectivity index (χ1n) is 12.6. The van der Waals surface area contributed by atoms with E-state index in [9.17, 15) is 24.3 Å². The molecular formula is C31H25ClN2O6. The summed E-state index contributed by atoms with van der Waals surface area (Å²) in [5.41, 5.74) is -1.30. The summed E-state index contributed by atoms with van der Waals surface area (Å²) in [7, 11) is 0. The van der Waals surface area contributed by atoms with Crippen molar-refractivity contribution >= 4 is 52.3 Å². The average molecular weight is 557 g/mol. The van der Waals surface area contributed by atoms with Crippen LogP contribution in [0.1, 0.15) is 25.0 Å². The van der Waals surface area contributed by atoms with Gasteiger partial charge in [0.05, 0.1) is 17.8 Å². The summed E-state index contributed by atoms with van der Waals surface area (Å²) in [4.78, 5) is 58.4. The summed E-state index contributed by atoms with van der Waals surface area (Å²) >= 11 is 6.10. The van der Waals surface area contributed by atoms with Crippen molar-refractivity contribution < 1.29 is 29.0 Å². The number of amides is 2. The number of esters is 1. The summed E-state index contributed by atoms with van der Waals surface area (Å²) in [5, 5.41) is 11.9. The van der Waals surface area contributed by atoms with Gasteiger partial charge in [-0.2, -0.15) is 0 Å². The maximum atomic E-state index is 14.8. The predicted molar refractivity (Wildman–Crippen MR) is 151 cm³/mol. The van der Waals surface area contributed by atoms with E-state index in [0.717, 1.165) is 10.5 Å². The van der Waals surface area contributed by atoms with Gasteiger partial charge in [0, 0.05) is 27.7 Å². The SMILES string of the molecule is CCOC(=O)C1=C(C)N(c2ccc(C)cc2)C(=O)C12/C(=C(\O)c1ccccc1)C(=O)C(=O)N2c1ccc(Cl)cc1. The van der Waals surface area contributed by atoms with Crippen molar-refractivity contribution in [1.82, 2.24) is 0 Å². The van der Waals surface area contributed by atoms with Crippen LogP contribution >= 0.6 is 11.6 Å². The summed E-state index contributed by atoms with van der Waals surface area (Å²) < 4.78 is 5.39. The van der Waals surface area contributed by atoms with Crippen LogP contribution in [0.5, 0.6) is 0 Å². The molecule has 1 atom stereocenters. The number of carbonyl (C=O) groups excluding carboxylic acids is 4. The van der Waals surface area contributed by atoms with E-state index in [-0.39, 0.29) is 29.1 Å². The van der Waals surface area contributed by atoms with Crippen molar-refractivity contribution in [3.05, 3.63) is 112 Å². The summed E-state index contributed by atoms with van der Waals surface area (Å²) in [5.74, 6) is -4.49. The van der Waals surface area contributed by atoms with Gasteiger partial charge in [0.2, 0.25) is 0 Å². The lowest BCUT2D eigenvalue weighted by atomic mass is 9.80. The molecule has 0 bridgehead atoms. The molecule has 1 saturated heterocycles. The van der Waals surface area contributed by atoms with Gasteiger partial charge in [-0.05, 0) is 57.2 Å². The molecule has 1 unspecified atom stereocenters. The van der Waals surface area contributed by atoms with Crippen LogP contribution in [0.3, 0.4) is 0 Å². The van der Waals surface area contributed by atoms with E-state index in [1.165, 1.54) is 41.3 Å². The van der Waals surface area contributed by atoms with Crippen molar-refractivity contribution in [2.75, 3.05) is 16.4 Å². The second kappa shape index (κ2) is 10.1. The van der Waals surface area contributed by atoms with Gasteiger partial charge in [-0.15, -0.1) is 0 Å². The lowest BCUT2D eigenvalue weighted by molar-refractivity contribution is -0.140. The van der Waals surface area contributed by atoms with Crippen LogP contribution in [0.4, 0.5) is 11.4 Å². The van der Waals surface area contributed by atoms with E-state index in [2.05, 4.69) is 0 Å². The number of ether oxygens (including phenoxy) is 1. The van der Waals surface area contributed by atoms with Crippen molar-refractivity contribution in [1.29, 1.82) is 0 Å². The molecule has 2 aliphatic heterocycles. The highest BCUT2D eigenvalue weighted by Crippen LogP contribution is 2.52. The zero-order valence-electron chi connectivity index (χ0n) is 22.0. The van der Waals surface area contributed by atoms with Gasteiger partial charge >= 0.3 is 11.9 Å². The zero-order valence-corrected chi connectivity index (χ0v) is 22.7.